The Hall–Kier alpha value is -2.40. The molecule has 0 atom stereocenters. The van der Waals surface area contributed by atoms with Crippen LogP contribution in [-0.4, -0.2) is 18.8 Å². The molecule has 4 nitrogen and oxygen atoms in total. The van der Waals surface area contributed by atoms with Crippen LogP contribution >= 0.6 is 15.9 Å². The number of para-hydroxylation sites is 1. The van der Waals surface area contributed by atoms with E-state index in [0.717, 1.165) is 32.5 Å². The zero-order chi connectivity index (χ0) is 15.7. The van der Waals surface area contributed by atoms with E-state index in [4.69, 9.17) is 4.98 Å². The van der Waals surface area contributed by atoms with E-state index >= 15 is 0 Å². The third-order valence-corrected chi connectivity index (χ3v) is 4.94. The summed E-state index contributed by atoms with van der Waals surface area (Å²) in [5, 5.41) is 1.26. The number of benzene rings is 1. The molecule has 5 heteroatoms. The van der Waals surface area contributed by atoms with Gasteiger partial charge in [-0.3, -0.25) is 4.40 Å². The third-order valence-electron chi connectivity index (χ3n) is 4.51. The number of halogens is 1. The van der Waals surface area contributed by atoms with Gasteiger partial charge >= 0.3 is 0 Å². The SMILES string of the molecule is Cc1c2ccccc2n2cc(C)n3c4ncc(Br)cc4nc3c12. The Morgan fingerprint density at radius 1 is 1.09 bits per heavy atom. The van der Waals surface area contributed by atoms with Crippen LogP contribution in [0.15, 0.2) is 47.2 Å². The Morgan fingerprint density at radius 2 is 1.91 bits per heavy atom. The molecule has 0 saturated carbocycles. The van der Waals surface area contributed by atoms with Gasteiger partial charge in [0.25, 0.3) is 0 Å². The van der Waals surface area contributed by atoms with E-state index < -0.39 is 0 Å². The Bertz CT molecular complexity index is 1250. The zero-order valence-electron chi connectivity index (χ0n) is 12.7. The average molecular weight is 365 g/mol. The molecule has 23 heavy (non-hydrogen) atoms. The van der Waals surface area contributed by atoms with E-state index in [0.29, 0.717) is 0 Å². The highest BCUT2D eigenvalue weighted by molar-refractivity contribution is 9.10. The van der Waals surface area contributed by atoms with Gasteiger partial charge in [0.05, 0.1) is 11.0 Å². The minimum atomic E-state index is 0.896. The predicted octanol–water partition coefficient (Wildman–Crippen LogP) is 4.67. The molecule has 4 aromatic heterocycles. The average Bonchev–Trinajstić information content (AvgIpc) is 3.04. The topological polar surface area (TPSA) is 34.6 Å². The molecule has 0 fully saturated rings. The number of aryl methyl sites for hydroxylation is 2. The molecule has 5 aromatic rings. The minimum Gasteiger partial charge on any atom is -0.311 e. The molecule has 0 aliphatic heterocycles. The summed E-state index contributed by atoms with van der Waals surface area (Å²) in [6, 6.07) is 10.5. The molecule has 0 bridgehead atoms. The van der Waals surface area contributed by atoms with Crippen molar-refractivity contribution in [2.75, 3.05) is 0 Å². The highest BCUT2D eigenvalue weighted by Gasteiger charge is 2.17. The summed E-state index contributed by atoms with van der Waals surface area (Å²) < 4.78 is 5.33. The van der Waals surface area contributed by atoms with E-state index in [1.807, 2.05) is 12.3 Å². The minimum absolute atomic E-state index is 0.896. The van der Waals surface area contributed by atoms with Crippen LogP contribution < -0.4 is 0 Å². The highest BCUT2D eigenvalue weighted by atomic mass is 79.9. The lowest BCUT2D eigenvalue weighted by atomic mass is 10.2. The first kappa shape index (κ1) is 13.1. The van der Waals surface area contributed by atoms with Crippen LogP contribution in [0.2, 0.25) is 0 Å². The van der Waals surface area contributed by atoms with Crippen molar-refractivity contribution in [2.24, 2.45) is 0 Å². The summed E-state index contributed by atoms with van der Waals surface area (Å²) in [7, 11) is 0. The number of imidazole rings is 1. The van der Waals surface area contributed by atoms with Gasteiger partial charge in [-0.25, -0.2) is 9.97 Å². The maximum absolute atomic E-state index is 4.87. The lowest BCUT2D eigenvalue weighted by Gasteiger charge is -2.05. The van der Waals surface area contributed by atoms with Gasteiger partial charge in [-0.1, -0.05) is 18.2 Å². The maximum atomic E-state index is 4.87. The normalized spacial score (nSPS) is 12.1. The molecule has 4 heterocycles. The van der Waals surface area contributed by atoms with Crippen LogP contribution in [0, 0.1) is 13.8 Å². The van der Waals surface area contributed by atoms with Gasteiger partial charge in [-0.2, -0.15) is 0 Å². The fourth-order valence-electron chi connectivity index (χ4n) is 3.52. The molecule has 5 rings (SSSR count). The van der Waals surface area contributed by atoms with E-state index in [9.17, 15) is 0 Å². The van der Waals surface area contributed by atoms with E-state index in [1.54, 1.807) is 0 Å². The number of rotatable bonds is 0. The Morgan fingerprint density at radius 3 is 2.78 bits per heavy atom. The quantitative estimate of drug-likeness (QED) is 0.400. The van der Waals surface area contributed by atoms with Gasteiger partial charge in [-0.05, 0) is 47.5 Å². The molecule has 0 amide bonds. The van der Waals surface area contributed by atoms with Crippen molar-refractivity contribution < 1.29 is 0 Å². The highest BCUT2D eigenvalue weighted by Crippen LogP contribution is 2.31. The van der Waals surface area contributed by atoms with Crippen molar-refractivity contribution in [3.63, 3.8) is 0 Å². The number of hydrogen-bond acceptors (Lipinski definition) is 2. The lowest BCUT2D eigenvalue weighted by Crippen LogP contribution is -1.98. The molecular formula is C18H13BrN4. The van der Waals surface area contributed by atoms with Crippen molar-refractivity contribution in [1.29, 1.82) is 0 Å². The number of aromatic nitrogens is 4. The molecule has 0 spiro atoms. The lowest BCUT2D eigenvalue weighted by molar-refractivity contribution is 1.05. The second-order valence-corrected chi connectivity index (χ2v) is 6.81. The Balaban J connectivity index is 2.13. The summed E-state index contributed by atoms with van der Waals surface area (Å²) in [6.45, 7) is 4.26. The van der Waals surface area contributed by atoms with Crippen LogP contribution in [0.1, 0.15) is 11.3 Å². The third kappa shape index (κ3) is 1.60. The summed E-state index contributed by atoms with van der Waals surface area (Å²) in [5.41, 5.74) is 7.48. The summed E-state index contributed by atoms with van der Waals surface area (Å²) >= 11 is 3.48. The Kier molecular flexibility index (Phi) is 2.46. The molecule has 0 N–H and O–H groups in total. The summed E-state index contributed by atoms with van der Waals surface area (Å²) in [6.07, 6.45) is 3.99. The number of fused-ring (bicyclic) bond motifs is 7. The fraction of sp³-hybridized carbons (Fsp3) is 0.111. The van der Waals surface area contributed by atoms with Crippen LogP contribution in [0.4, 0.5) is 0 Å². The maximum Gasteiger partial charge on any atom is 0.164 e. The number of nitrogens with zero attached hydrogens (tertiary/aromatic N) is 4. The van der Waals surface area contributed by atoms with Crippen LogP contribution in [0.3, 0.4) is 0 Å². The molecule has 112 valence electrons. The molecule has 1 aromatic carbocycles. The van der Waals surface area contributed by atoms with Crippen LogP contribution in [0.25, 0.3) is 33.2 Å². The summed E-state index contributed by atoms with van der Waals surface area (Å²) in [4.78, 5) is 9.44. The summed E-state index contributed by atoms with van der Waals surface area (Å²) in [5.74, 6) is 0. The van der Waals surface area contributed by atoms with E-state index in [2.05, 4.69) is 74.0 Å². The van der Waals surface area contributed by atoms with E-state index in [-0.39, 0.29) is 0 Å². The smallest absolute Gasteiger partial charge is 0.164 e. The van der Waals surface area contributed by atoms with Gasteiger partial charge in [0.2, 0.25) is 0 Å². The monoisotopic (exact) mass is 364 g/mol. The van der Waals surface area contributed by atoms with Gasteiger partial charge in [0.1, 0.15) is 5.52 Å². The van der Waals surface area contributed by atoms with Crippen LogP contribution in [0.5, 0.6) is 0 Å². The molecular weight excluding hydrogens is 352 g/mol. The first-order chi connectivity index (χ1) is 11.1. The van der Waals surface area contributed by atoms with Crippen LogP contribution in [-0.2, 0) is 0 Å². The second kappa shape index (κ2) is 4.32. The number of hydrogen-bond donors (Lipinski definition) is 0. The molecule has 0 unspecified atom stereocenters. The van der Waals surface area contributed by atoms with Gasteiger partial charge in [-0.15, -0.1) is 0 Å². The van der Waals surface area contributed by atoms with Crippen molar-refractivity contribution >= 4 is 49.2 Å². The standard InChI is InChI=1S/C18H13BrN4/c1-10-9-22-15-6-4-3-5-13(15)11(2)16(22)18-21-14-7-12(19)8-20-17(14)23(10)18/h3-9H,1-2H3. The van der Waals surface area contributed by atoms with Crippen molar-refractivity contribution in [3.8, 4) is 0 Å². The molecule has 0 aliphatic carbocycles. The fourth-order valence-corrected chi connectivity index (χ4v) is 3.84. The van der Waals surface area contributed by atoms with Crippen molar-refractivity contribution in [1.82, 2.24) is 18.8 Å². The van der Waals surface area contributed by atoms with Gasteiger partial charge in [0, 0.05) is 27.9 Å². The Labute approximate surface area is 140 Å². The first-order valence-corrected chi connectivity index (χ1v) is 8.27. The molecule has 0 aliphatic rings. The van der Waals surface area contributed by atoms with Gasteiger partial charge in [0.15, 0.2) is 11.3 Å². The molecule has 0 radical (unpaired) electrons. The van der Waals surface area contributed by atoms with Crippen molar-refractivity contribution in [2.45, 2.75) is 13.8 Å². The largest absolute Gasteiger partial charge is 0.311 e. The van der Waals surface area contributed by atoms with Crippen molar-refractivity contribution in [3.05, 3.63) is 58.5 Å². The van der Waals surface area contributed by atoms with E-state index in [1.165, 1.54) is 16.5 Å². The zero-order valence-corrected chi connectivity index (χ0v) is 14.3. The second-order valence-electron chi connectivity index (χ2n) is 5.90. The number of pyridine rings is 1. The first-order valence-electron chi connectivity index (χ1n) is 7.48. The van der Waals surface area contributed by atoms with Gasteiger partial charge < -0.3 is 4.40 Å². The predicted molar refractivity (Wildman–Crippen MR) is 96.1 cm³/mol. The molecule has 0 saturated heterocycles.